The molecular formula is C16H12F2N2O2. The van der Waals surface area contributed by atoms with E-state index in [1.807, 2.05) is 5.32 Å². The molecule has 0 atom stereocenters. The molecule has 0 unspecified atom stereocenters. The molecular weight excluding hydrogens is 290 g/mol. The van der Waals surface area contributed by atoms with Gasteiger partial charge in [0, 0.05) is 11.1 Å². The maximum Gasteiger partial charge on any atom is 0.264 e. The van der Waals surface area contributed by atoms with Crippen molar-refractivity contribution in [2.75, 3.05) is 0 Å². The van der Waals surface area contributed by atoms with Crippen LogP contribution in [-0.4, -0.2) is 5.91 Å². The van der Waals surface area contributed by atoms with Gasteiger partial charge in [-0.25, -0.2) is 8.78 Å². The highest BCUT2D eigenvalue weighted by Crippen LogP contribution is 2.24. The molecule has 112 valence electrons. The van der Waals surface area contributed by atoms with Crippen LogP contribution in [0.3, 0.4) is 0 Å². The molecule has 0 radical (unpaired) electrons. The normalized spacial score (nSPS) is 9.91. The number of nitriles is 1. The molecule has 2 aromatic carbocycles. The van der Waals surface area contributed by atoms with Crippen LogP contribution >= 0.6 is 0 Å². The van der Waals surface area contributed by atoms with Gasteiger partial charge in [-0.1, -0.05) is 12.1 Å². The van der Waals surface area contributed by atoms with E-state index in [4.69, 9.17) is 10.00 Å². The van der Waals surface area contributed by atoms with Crippen LogP contribution in [0.25, 0.3) is 0 Å². The van der Waals surface area contributed by atoms with Crippen LogP contribution in [0.1, 0.15) is 21.5 Å². The van der Waals surface area contributed by atoms with Crippen molar-refractivity contribution in [3.63, 3.8) is 0 Å². The van der Waals surface area contributed by atoms with Crippen molar-refractivity contribution in [1.82, 2.24) is 5.32 Å². The van der Waals surface area contributed by atoms with E-state index < -0.39 is 11.7 Å². The Morgan fingerprint density at radius 3 is 2.55 bits per heavy atom. The van der Waals surface area contributed by atoms with Gasteiger partial charge in [0.1, 0.15) is 12.4 Å². The number of amides is 1. The van der Waals surface area contributed by atoms with Gasteiger partial charge in [0.2, 0.25) is 0 Å². The third-order valence-corrected chi connectivity index (χ3v) is 3.07. The highest BCUT2D eigenvalue weighted by atomic mass is 19.1. The Labute approximate surface area is 125 Å². The first-order valence-corrected chi connectivity index (χ1v) is 6.38. The number of nitrogens with one attached hydrogen (secondary N) is 1. The maximum absolute atomic E-state index is 14.2. The number of ether oxygens (including phenoxy) is 1. The van der Waals surface area contributed by atoms with Gasteiger partial charge < -0.3 is 4.74 Å². The van der Waals surface area contributed by atoms with Gasteiger partial charge in [0.15, 0.2) is 17.8 Å². The van der Waals surface area contributed by atoms with Gasteiger partial charge in [-0.3, -0.25) is 10.1 Å². The van der Waals surface area contributed by atoms with Crippen LogP contribution in [0.15, 0.2) is 36.4 Å². The van der Waals surface area contributed by atoms with Crippen molar-refractivity contribution in [3.05, 3.63) is 64.7 Å². The molecule has 0 heterocycles. The van der Waals surface area contributed by atoms with Crippen LogP contribution in [0.4, 0.5) is 8.78 Å². The van der Waals surface area contributed by atoms with Crippen molar-refractivity contribution in [2.24, 2.45) is 0 Å². The second kappa shape index (κ2) is 6.68. The van der Waals surface area contributed by atoms with Gasteiger partial charge in [-0.05, 0) is 36.8 Å². The molecule has 0 saturated carbocycles. The van der Waals surface area contributed by atoms with Crippen LogP contribution < -0.4 is 10.1 Å². The number of rotatable bonds is 4. The minimum Gasteiger partial charge on any atom is -0.486 e. The van der Waals surface area contributed by atoms with E-state index in [1.165, 1.54) is 49.5 Å². The summed E-state index contributed by atoms with van der Waals surface area (Å²) in [5, 5.41) is 10.4. The van der Waals surface area contributed by atoms with Crippen LogP contribution in [-0.2, 0) is 6.61 Å². The molecule has 0 bridgehead atoms. The van der Waals surface area contributed by atoms with E-state index in [2.05, 4.69) is 0 Å². The van der Waals surface area contributed by atoms with Gasteiger partial charge in [0.05, 0.1) is 0 Å². The summed E-state index contributed by atoms with van der Waals surface area (Å²) < 4.78 is 32.3. The van der Waals surface area contributed by atoms with Crippen molar-refractivity contribution in [1.29, 1.82) is 5.26 Å². The largest absolute Gasteiger partial charge is 0.486 e. The molecule has 22 heavy (non-hydrogen) atoms. The summed E-state index contributed by atoms with van der Waals surface area (Å²) in [6.45, 7) is 1.49. The monoisotopic (exact) mass is 302 g/mol. The molecule has 0 fully saturated rings. The second-order valence-electron chi connectivity index (χ2n) is 4.53. The summed E-state index contributed by atoms with van der Waals surface area (Å²) in [5.41, 5.74) is 0.835. The van der Waals surface area contributed by atoms with Crippen LogP contribution in [0.2, 0.25) is 0 Å². The highest BCUT2D eigenvalue weighted by molar-refractivity contribution is 5.96. The van der Waals surface area contributed by atoms with E-state index in [1.54, 1.807) is 0 Å². The van der Waals surface area contributed by atoms with Crippen molar-refractivity contribution < 1.29 is 18.3 Å². The first-order chi connectivity index (χ1) is 10.5. The van der Waals surface area contributed by atoms with E-state index in [0.29, 0.717) is 5.56 Å². The average molecular weight is 302 g/mol. The van der Waals surface area contributed by atoms with E-state index >= 15 is 0 Å². The average Bonchev–Trinajstić information content (AvgIpc) is 2.50. The van der Waals surface area contributed by atoms with Crippen molar-refractivity contribution >= 4 is 5.91 Å². The molecule has 0 aliphatic heterocycles. The fourth-order valence-electron chi connectivity index (χ4n) is 1.88. The standard InChI is InChI=1S/C16H12F2N2O2/c1-10-13(16(21)20-9-19)6-7-14(15(10)18)22-8-11-2-4-12(17)5-3-11/h2-7H,8H2,1H3,(H,20,21). The van der Waals surface area contributed by atoms with Gasteiger partial charge in [-0.15, -0.1) is 0 Å². The zero-order valence-electron chi connectivity index (χ0n) is 11.7. The summed E-state index contributed by atoms with van der Waals surface area (Å²) in [6.07, 6.45) is 1.49. The summed E-state index contributed by atoms with van der Waals surface area (Å²) in [5.74, 6) is -1.73. The second-order valence-corrected chi connectivity index (χ2v) is 4.53. The molecule has 2 aromatic rings. The topological polar surface area (TPSA) is 62.1 Å². The molecule has 0 spiro atoms. The molecule has 2 rings (SSSR count). The lowest BCUT2D eigenvalue weighted by Gasteiger charge is -2.11. The fraction of sp³-hybridized carbons (Fsp3) is 0.125. The molecule has 0 aliphatic rings. The maximum atomic E-state index is 14.2. The summed E-state index contributed by atoms with van der Waals surface area (Å²) in [4.78, 5) is 11.6. The number of hydrogen-bond acceptors (Lipinski definition) is 3. The number of carbonyl (C=O) groups is 1. The first kappa shape index (κ1) is 15.4. The molecule has 1 amide bonds. The smallest absolute Gasteiger partial charge is 0.264 e. The minimum atomic E-state index is -0.677. The molecule has 4 nitrogen and oxygen atoms in total. The lowest BCUT2D eigenvalue weighted by atomic mass is 10.1. The number of hydrogen-bond donors (Lipinski definition) is 1. The molecule has 0 aromatic heterocycles. The quantitative estimate of drug-likeness (QED) is 0.697. The Morgan fingerprint density at radius 2 is 1.91 bits per heavy atom. The Hall–Kier alpha value is -2.94. The Morgan fingerprint density at radius 1 is 1.23 bits per heavy atom. The Balaban J connectivity index is 2.16. The zero-order valence-corrected chi connectivity index (χ0v) is 11.7. The van der Waals surface area contributed by atoms with Gasteiger partial charge >= 0.3 is 0 Å². The minimum absolute atomic E-state index is 0.0182. The lowest BCUT2D eigenvalue weighted by molar-refractivity contribution is 0.0971. The number of nitrogens with zero attached hydrogens (tertiary/aromatic N) is 1. The first-order valence-electron chi connectivity index (χ1n) is 6.38. The predicted octanol–water partition coefficient (Wildman–Crippen LogP) is 3.06. The summed E-state index contributed by atoms with van der Waals surface area (Å²) >= 11 is 0. The van der Waals surface area contributed by atoms with Crippen LogP contribution in [0, 0.1) is 30.0 Å². The van der Waals surface area contributed by atoms with E-state index in [9.17, 15) is 13.6 Å². The number of carbonyl (C=O) groups excluding carboxylic acids is 1. The van der Waals surface area contributed by atoms with Crippen molar-refractivity contribution in [2.45, 2.75) is 13.5 Å². The van der Waals surface area contributed by atoms with Crippen LogP contribution in [0.5, 0.6) is 5.75 Å². The van der Waals surface area contributed by atoms with Gasteiger partial charge in [0.25, 0.3) is 5.91 Å². The molecule has 0 saturated heterocycles. The number of benzene rings is 2. The Kier molecular flexibility index (Phi) is 4.69. The van der Waals surface area contributed by atoms with E-state index in [-0.39, 0.29) is 29.3 Å². The fourth-order valence-corrected chi connectivity index (χ4v) is 1.88. The molecule has 1 N–H and O–H groups in total. The lowest BCUT2D eigenvalue weighted by Crippen LogP contribution is -2.19. The SMILES string of the molecule is Cc1c(C(=O)NC#N)ccc(OCc2ccc(F)cc2)c1F. The predicted molar refractivity (Wildman–Crippen MR) is 74.9 cm³/mol. The van der Waals surface area contributed by atoms with Crippen molar-refractivity contribution in [3.8, 4) is 11.9 Å². The van der Waals surface area contributed by atoms with Gasteiger partial charge in [-0.2, -0.15) is 5.26 Å². The number of halogens is 2. The highest BCUT2D eigenvalue weighted by Gasteiger charge is 2.16. The summed E-state index contributed by atoms with van der Waals surface area (Å²) in [7, 11) is 0. The third-order valence-electron chi connectivity index (χ3n) is 3.07. The molecule has 6 heteroatoms. The Bertz CT molecular complexity index is 737. The summed E-state index contributed by atoms with van der Waals surface area (Å²) in [6, 6.07) is 8.35. The zero-order chi connectivity index (χ0) is 16.1. The third kappa shape index (κ3) is 3.38. The molecule has 0 aliphatic carbocycles. The van der Waals surface area contributed by atoms with E-state index in [0.717, 1.165) is 0 Å².